The van der Waals surface area contributed by atoms with Crippen LogP contribution < -0.4 is 9.80 Å². The number of morpholine rings is 1. The molecule has 2 aliphatic heterocycles. The topological polar surface area (TPSA) is 117 Å². The van der Waals surface area contributed by atoms with E-state index in [0.717, 1.165) is 57.1 Å². The first-order valence-corrected chi connectivity index (χ1v) is 12.7. The van der Waals surface area contributed by atoms with Crippen LogP contribution in [0.5, 0.6) is 0 Å². The molecule has 0 bridgehead atoms. The van der Waals surface area contributed by atoms with E-state index in [1.54, 1.807) is 11.3 Å². The highest BCUT2D eigenvalue weighted by Gasteiger charge is 2.33. The Kier molecular flexibility index (Phi) is 6.81. The van der Waals surface area contributed by atoms with E-state index in [1.165, 1.54) is 5.56 Å². The van der Waals surface area contributed by atoms with Gasteiger partial charge in [0.05, 0.1) is 25.4 Å². The molecule has 0 atom stereocenters. The number of ether oxygens (including phenoxy) is 2. The van der Waals surface area contributed by atoms with E-state index < -0.39 is 0 Å². The number of hydrogen-bond acceptors (Lipinski definition) is 11. The zero-order valence-electron chi connectivity index (χ0n) is 19.8. The molecule has 2 aliphatic rings. The summed E-state index contributed by atoms with van der Waals surface area (Å²) in [6, 6.07) is 0. The van der Waals surface area contributed by atoms with Gasteiger partial charge in [-0.25, -0.2) is 4.98 Å². The molecule has 0 saturated carbocycles. The lowest BCUT2D eigenvalue weighted by atomic mass is 9.90. The fourth-order valence-corrected chi connectivity index (χ4v) is 5.94. The van der Waals surface area contributed by atoms with Gasteiger partial charge in [-0.3, -0.25) is 0 Å². The number of thiophene rings is 1. The predicted molar refractivity (Wildman–Crippen MR) is 132 cm³/mol. The molecule has 34 heavy (non-hydrogen) atoms. The van der Waals surface area contributed by atoms with Gasteiger partial charge >= 0.3 is 0 Å². The SMILES string of the molecule is CC1(C)Cc2c(c(N3CCOCC3)nc3sc4c(N(CCCO)CCCO)nnnc4c23)CO1. The predicted octanol–water partition coefficient (Wildman–Crippen LogP) is 1.89. The van der Waals surface area contributed by atoms with E-state index in [-0.39, 0.29) is 18.8 Å². The Hall–Kier alpha value is -2.18. The zero-order valence-corrected chi connectivity index (χ0v) is 20.6. The van der Waals surface area contributed by atoms with Crippen molar-refractivity contribution >= 4 is 43.4 Å². The molecule has 2 N–H and O–H groups in total. The van der Waals surface area contributed by atoms with Crippen molar-refractivity contribution in [2.75, 3.05) is 62.4 Å². The van der Waals surface area contributed by atoms with Crippen molar-refractivity contribution in [3.8, 4) is 0 Å². The van der Waals surface area contributed by atoms with E-state index in [0.29, 0.717) is 45.8 Å². The minimum atomic E-state index is -0.282. The highest BCUT2D eigenvalue weighted by molar-refractivity contribution is 7.26. The van der Waals surface area contributed by atoms with Crippen LogP contribution in [0.4, 0.5) is 11.6 Å². The fraction of sp³-hybridized carbons (Fsp3) is 0.652. The minimum absolute atomic E-state index is 0.0940. The smallest absolute Gasteiger partial charge is 0.172 e. The Morgan fingerprint density at radius 2 is 1.79 bits per heavy atom. The van der Waals surface area contributed by atoms with Crippen LogP contribution in [0.25, 0.3) is 20.4 Å². The lowest BCUT2D eigenvalue weighted by Gasteiger charge is -2.36. The molecule has 0 spiro atoms. The molecule has 0 radical (unpaired) electrons. The van der Waals surface area contributed by atoms with E-state index in [2.05, 4.69) is 39.1 Å². The number of nitrogens with zero attached hydrogens (tertiary/aromatic N) is 6. The van der Waals surface area contributed by atoms with Gasteiger partial charge in [-0.2, -0.15) is 0 Å². The monoisotopic (exact) mass is 488 g/mol. The molecule has 1 fully saturated rings. The summed E-state index contributed by atoms with van der Waals surface area (Å²) < 4.78 is 12.7. The maximum absolute atomic E-state index is 9.39. The van der Waals surface area contributed by atoms with Crippen LogP contribution in [0.1, 0.15) is 37.8 Å². The molecule has 5 heterocycles. The summed E-state index contributed by atoms with van der Waals surface area (Å²) >= 11 is 1.59. The molecule has 5 rings (SSSR count). The van der Waals surface area contributed by atoms with Gasteiger partial charge in [-0.1, -0.05) is 0 Å². The van der Waals surface area contributed by atoms with Gasteiger partial charge < -0.3 is 29.5 Å². The van der Waals surface area contributed by atoms with Crippen LogP contribution in [0, 0.1) is 0 Å². The van der Waals surface area contributed by atoms with Gasteiger partial charge in [0, 0.05) is 56.8 Å². The molecule has 11 heteroatoms. The Bertz CT molecular complexity index is 1160. The summed E-state index contributed by atoms with van der Waals surface area (Å²) in [6.07, 6.45) is 1.99. The Morgan fingerprint density at radius 3 is 2.50 bits per heavy atom. The summed E-state index contributed by atoms with van der Waals surface area (Å²) in [6.45, 7) is 9.20. The molecular formula is C23H32N6O4S. The first-order valence-electron chi connectivity index (χ1n) is 11.9. The van der Waals surface area contributed by atoms with Gasteiger partial charge in [0.25, 0.3) is 0 Å². The highest BCUT2D eigenvalue weighted by Crippen LogP contribution is 2.44. The third-order valence-electron chi connectivity index (χ3n) is 6.49. The second-order valence-corrected chi connectivity index (χ2v) is 10.4. The number of pyridine rings is 1. The largest absolute Gasteiger partial charge is 0.396 e. The summed E-state index contributed by atoms with van der Waals surface area (Å²) in [5.41, 5.74) is 2.90. The van der Waals surface area contributed by atoms with E-state index in [1.807, 2.05) is 0 Å². The third-order valence-corrected chi connectivity index (χ3v) is 7.56. The molecule has 10 nitrogen and oxygen atoms in total. The van der Waals surface area contributed by atoms with Crippen LogP contribution >= 0.6 is 11.3 Å². The number of fused-ring (bicyclic) bond motifs is 5. The van der Waals surface area contributed by atoms with Gasteiger partial charge in [0.15, 0.2) is 5.82 Å². The quantitative estimate of drug-likeness (QED) is 0.487. The van der Waals surface area contributed by atoms with Crippen LogP contribution in [0.15, 0.2) is 0 Å². The average Bonchev–Trinajstić information content (AvgIpc) is 3.23. The normalized spacial score (nSPS) is 17.9. The standard InChI is InChI=1S/C23H32N6O4S/c1-23(2)13-15-16(14-33-23)20(29-7-11-32-12-8-29)24-22-17(15)18-19(34-22)21(26-27-25-18)28(5-3-9-30)6-4-10-31/h30-31H,3-14H2,1-2H3. The van der Waals surface area contributed by atoms with Crippen LogP contribution in [-0.4, -0.2) is 88.8 Å². The van der Waals surface area contributed by atoms with Crippen molar-refractivity contribution in [2.45, 2.75) is 45.3 Å². The molecule has 184 valence electrons. The van der Waals surface area contributed by atoms with Gasteiger partial charge in [-0.15, -0.1) is 21.5 Å². The van der Waals surface area contributed by atoms with Crippen LogP contribution in [-0.2, 0) is 22.5 Å². The minimum Gasteiger partial charge on any atom is -0.396 e. The second kappa shape index (κ2) is 9.82. The van der Waals surface area contributed by atoms with E-state index >= 15 is 0 Å². The van der Waals surface area contributed by atoms with Crippen molar-refractivity contribution in [3.05, 3.63) is 11.1 Å². The molecule has 0 aromatic carbocycles. The van der Waals surface area contributed by atoms with E-state index in [9.17, 15) is 10.2 Å². The van der Waals surface area contributed by atoms with Crippen molar-refractivity contribution < 1.29 is 19.7 Å². The molecular weight excluding hydrogens is 456 g/mol. The summed E-state index contributed by atoms with van der Waals surface area (Å²) in [4.78, 5) is 10.5. The Morgan fingerprint density at radius 1 is 1.06 bits per heavy atom. The number of aliphatic hydroxyl groups is 2. The first-order chi connectivity index (χ1) is 16.5. The fourth-order valence-electron chi connectivity index (χ4n) is 4.79. The molecule has 1 saturated heterocycles. The lowest BCUT2D eigenvalue weighted by molar-refractivity contribution is -0.0396. The lowest BCUT2D eigenvalue weighted by Crippen LogP contribution is -2.39. The summed E-state index contributed by atoms with van der Waals surface area (Å²) in [5.74, 6) is 1.72. The molecule has 0 aliphatic carbocycles. The number of aliphatic hydroxyl groups excluding tert-OH is 2. The molecule has 0 unspecified atom stereocenters. The van der Waals surface area contributed by atoms with Gasteiger partial charge in [0.1, 0.15) is 20.9 Å². The molecule has 3 aromatic heterocycles. The number of aromatic nitrogens is 4. The zero-order chi connectivity index (χ0) is 23.7. The van der Waals surface area contributed by atoms with Crippen LogP contribution in [0.2, 0.25) is 0 Å². The Balaban J connectivity index is 1.70. The third kappa shape index (κ3) is 4.42. The molecule has 0 amide bonds. The second-order valence-electron chi connectivity index (χ2n) is 9.43. The van der Waals surface area contributed by atoms with Crippen molar-refractivity contribution in [2.24, 2.45) is 0 Å². The first kappa shape index (κ1) is 23.6. The Labute approximate surface area is 202 Å². The maximum atomic E-state index is 9.39. The number of anilines is 2. The van der Waals surface area contributed by atoms with E-state index in [4.69, 9.17) is 14.5 Å². The van der Waals surface area contributed by atoms with Crippen molar-refractivity contribution in [1.29, 1.82) is 0 Å². The van der Waals surface area contributed by atoms with Crippen molar-refractivity contribution in [3.63, 3.8) is 0 Å². The average molecular weight is 489 g/mol. The molecule has 3 aromatic rings. The summed E-state index contributed by atoms with van der Waals surface area (Å²) in [7, 11) is 0. The van der Waals surface area contributed by atoms with Crippen LogP contribution in [0.3, 0.4) is 0 Å². The van der Waals surface area contributed by atoms with Crippen molar-refractivity contribution in [1.82, 2.24) is 20.4 Å². The highest BCUT2D eigenvalue weighted by atomic mass is 32.1. The van der Waals surface area contributed by atoms with Gasteiger partial charge in [0.2, 0.25) is 0 Å². The number of hydrogen-bond donors (Lipinski definition) is 2. The summed E-state index contributed by atoms with van der Waals surface area (Å²) in [5, 5.41) is 32.8. The van der Waals surface area contributed by atoms with Gasteiger partial charge in [-0.05, 0) is 37.5 Å². The maximum Gasteiger partial charge on any atom is 0.172 e. The number of rotatable bonds is 8.